The lowest BCUT2D eigenvalue weighted by Crippen LogP contribution is -1.91. The molecule has 3 heterocycles. The molecule has 0 aliphatic heterocycles. The number of fused-ring (bicyclic) bond motifs is 1. The Kier molecular flexibility index (Phi) is 2.79. The van der Waals surface area contributed by atoms with Crippen molar-refractivity contribution in [2.75, 3.05) is 0 Å². The summed E-state index contributed by atoms with van der Waals surface area (Å²) in [6.45, 7) is 3.99. The topological polar surface area (TPSA) is 68.9 Å². The van der Waals surface area contributed by atoms with Crippen LogP contribution in [0.3, 0.4) is 0 Å². The zero-order chi connectivity index (χ0) is 14.4. The zero-order valence-electron chi connectivity index (χ0n) is 11.3. The summed E-state index contributed by atoms with van der Waals surface area (Å²) in [5.41, 5.74) is 3.11. The number of hydrogen-bond acceptors (Lipinski definition) is 7. The third-order valence-corrected chi connectivity index (χ3v) is 5.03. The summed E-state index contributed by atoms with van der Waals surface area (Å²) in [4.78, 5) is 1.76. The highest BCUT2D eigenvalue weighted by molar-refractivity contribution is 7.23. The van der Waals surface area contributed by atoms with Crippen LogP contribution in [-0.2, 0) is 0 Å². The van der Waals surface area contributed by atoms with Crippen molar-refractivity contribution < 1.29 is 0 Å². The molecule has 104 valence electrons. The van der Waals surface area contributed by atoms with Crippen LogP contribution in [0.5, 0.6) is 0 Å². The fourth-order valence-electron chi connectivity index (χ4n) is 2.02. The van der Waals surface area contributed by atoms with Crippen molar-refractivity contribution in [3.05, 3.63) is 35.5 Å². The predicted octanol–water partition coefficient (Wildman–Crippen LogP) is 2.99. The molecule has 0 N–H and O–H groups in total. The molecule has 4 rings (SSSR count). The molecule has 0 spiro atoms. The third-order valence-electron chi connectivity index (χ3n) is 3.15. The van der Waals surface area contributed by atoms with Gasteiger partial charge >= 0.3 is 0 Å². The second kappa shape index (κ2) is 4.68. The van der Waals surface area contributed by atoms with Crippen molar-refractivity contribution in [1.29, 1.82) is 0 Å². The summed E-state index contributed by atoms with van der Waals surface area (Å²) in [5.74, 6) is 0.752. The summed E-state index contributed by atoms with van der Waals surface area (Å²) in [7, 11) is 0. The van der Waals surface area contributed by atoms with Crippen LogP contribution in [0.4, 0.5) is 0 Å². The highest BCUT2D eigenvalue weighted by Gasteiger charge is 2.17. The molecule has 8 heteroatoms. The van der Waals surface area contributed by atoms with Crippen LogP contribution in [0, 0.1) is 13.8 Å². The van der Waals surface area contributed by atoms with E-state index in [1.807, 2.05) is 19.1 Å². The molecule has 0 fully saturated rings. The molecular weight excluding hydrogens is 304 g/mol. The van der Waals surface area contributed by atoms with Crippen LogP contribution in [0.2, 0.25) is 0 Å². The van der Waals surface area contributed by atoms with Crippen molar-refractivity contribution in [3.63, 3.8) is 0 Å². The zero-order valence-corrected chi connectivity index (χ0v) is 12.9. The van der Waals surface area contributed by atoms with E-state index < -0.39 is 0 Å². The number of hydrogen-bond donors (Lipinski definition) is 0. The Labute approximate surface area is 128 Å². The van der Waals surface area contributed by atoms with Gasteiger partial charge in [-0.2, -0.15) is 9.61 Å². The third kappa shape index (κ3) is 2.03. The summed E-state index contributed by atoms with van der Waals surface area (Å²) in [6.07, 6.45) is 0. The van der Waals surface area contributed by atoms with Crippen LogP contribution < -0.4 is 0 Å². The van der Waals surface area contributed by atoms with Crippen molar-refractivity contribution >= 4 is 27.8 Å². The molecule has 0 aliphatic rings. The second-order valence-electron chi connectivity index (χ2n) is 4.68. The van der Waals surface area contributed by atoms with Gasteiger partial charge in [-0.3, -0.25) is 0 Å². The fraction of sp³-hybridized carbons (Fsp3) is 0.154. The maximum absolute atomic E-state index is 4.62. The lowest BCUT2D eigenvalue weighted by Gasteiger charge is -1.97. The molecule has 0 saturated carbocycles. The second-order valence-corrected chi connectivity index (χ2v) is 6.39. The lowest BCUT2D eigenvalue weighted by molar-refractivity contribution is 0.970. The first kappa shape index (κ1) is 12.5. The standard InChI is InChI=1S/C13H10N6S2/c1-7-3-5-9(6-4-7)11-15-16-13-19(11)17-12(20-13)10-8(2)14-18-21-10/h3-6H,1-2H3. The number of benzene rings is 1. The Hall–Kier alpha value is -2.19. The van der Waals surface area contributed by atoms with Crippen LogP contribution in [0.25, 0.3) is 26.2 Å². The van der Waals surface area contributed by atoms with Crippen molar-refractivity contribution in [3.8, 4) is 21.3 Å². The average Bonchev–Trinajstić information content (AvgIpc) is 3.14. The van der Waals surface area contributed by atoms with Gasteiger partial charge in [0.05, 0.1) is 5.69 Å². The van der Waals surface area contributed by atoms with Gasteiger partial charge < -0.3 is 0 Å². The average molecular weight is 314 g/mol. The number of aryl methyl sites for hydroxylation is 2. The molecule has 4 aromatic rings. The maximum Gasteiger partial charge on any atom is 0.235 e. The molecule has 0 amide bonds. The normalized spacial score (nSPS) is 11.3. The minimum absolute atomic E-state index is 0.752. The van der Waals surface area contributed by atoms with E-state index in [4.69, 9.17) is 0 Å². The molecule has 0 radical (unpaired) electrons. The molecule has 1 aromatic carbocycles. The van der Waals surface area contributed by atoms with Gasteiger partial charge in [0.25, 0.3) is 0 Å². The van der Waals surface area contributed by atoms with Crippen molar-refractivity contribution in [2.24, 2.45) is 0 Å². The number of rotatable bonds is 2. The van der Waals surface area contributed by atoms with Crippen LogP contribution >= 0.6 is 22.9 Å². The SMILES string of the molecule is Cc1ccc(-c2nnc3sc(-c4snnc4C)nn23)cc1. The van der Waals surface area contributed by atoms with Gasteiger partial charge in [-0.05, 0) is 25.4 Å². The van der Waals surface area contributed by atoms with Gasteiger partial charge in [0.1, 0.15) is 4.88 Å². The first-order valence-corrected chi connectivity index (χ1v) is 7.90. The molecule has 0 unspecified atom stereocenters. The monoisotopic (exact) mass is 314 g/mol. The Morgan fingerprint density at radius 1 is 1.00 bits per heavy atom. The maximum atomic E-state index is 4.62. The summed E-state index contributed by atoms with van der Waals surface area (Å²) in [6, 6.07) is 8.18. The fourth-order valence-corrected chi connectivity index (χ4v) is 3.62. The van der Waals surface area contributed by atoms with E-state index >= 15 is 0 Å². The Morgan fingerprint density at radius 2 is 1.81 bits per heavy atom. The lowest BCUT2D eigenvalue weighted by atomic mass is 10.1. The molecule has 3 aromatic heterocycles. The molecule has 21 heavy (non-hydrogen) atoms. The van der Waals surface area contributed by atoms with Gasteiger partial charge in [-0.25, -0.2) is 0 Å². The van der Waals surface area contributed by atoms with Gasteiger partial charge in [0, 0.05) is 5.56 Å². The largest absolute Gasteiger partial charge is 0.235 e. The quantitative estimate of drug-likeness (QED) is 0.569. The van der Waals surface area contributed by atoms with Gasteiger partial charge in [0.2, 0.25) is 4.96 Å². The van der Waals surface area contributed by atoms with E-state index in [2.05, 4.69) is 43.9 Å². The summed E-state index contributed by atoms with van der Waals surface area (Å²) >= 11 is 2.85. The Balaban J connectivity index is 1.87. The highest BCUT2D eigenvalue weighted by Crippen LogP contribution is 2.31. The van der Waals surface area contributed by atoms with E-state index in [9.17, 15) is 0 Å². The summed E-state index contributed by atoms with van der Waals surface area (Å²) in [5, 5.41) is 18.0. The van der Waals surface area contributed by atoms with Crippen LogP contribution in [0.1, 0.15) is 11.3 Å². The smallest absolute Gasteiger partial charge is 0.182 e. The molecule has 0 bridgehead atoms. The summed E-state index contributed by atoms with van der Waals surface area (Å²) < 4.78 is 5.74. The van der Waals surface area contributed by atoms with Crippen molar-refractivity contribution in [2.45, 2.75) is 13.8 Å². The highest BCUT2D eigenvalue weighted by atomic mass is 32.1. The number of nitrogens with zero attached hydrogens (tertiary/aromatic N) is 6. The van der Waals surface area contributed by atoms with E-state index in [0.29, 0.717) is 0 Å². The minimum Gasteiger partial charge on any atom is -0.182 e. The Morgan fingerprint density at radius 3 is 2.52 bits per heavy atom. The first-order chi connectivity index (χ1) is 10.2. The Bertz CT molecular complexity index is 918. The van der Waals surface area contributed by atoms with Gasteiger partial charge in [0.15, 0.2) is 10.8 Å². The van der Waals surface area contributed by atoms with E-state index in [0.717, 1.165) is 31.9 Å². The van der Waals surface area contributed by atoms with E-state index in [-0.39, 0.29) is 0 Å². The van der Waals surface area contributed by atoms with E-state index in [1.54, 1.807) is 4.52 Å². The first-order valence-electron chi connectivity index (χ1n) is 6.31. The molecule has 0 atom stereocenters. The predicted molar refractivity (Wildman–Crippen MR) is 82.5 cm³/mol. The molecular formula is C13H10N6S2. The molecule has 6 nitrogen and oxygen atoms in total. The van der Waals surface area contributed by atoms with Crippen molar-refractivity contribution in [1.82, 2.24) is 29.4 Å². The van der Waals surface area contributed by atoms with E-state index in [1.165, 1.54) is 28.4 Å². The van der Waals surface area contributed by atoms with Crippen LogP contribution in [0.15, 0.2) is 24.3 Å². The van der Waals surface area contributed by atoms with Crippen LogP contribution in [-0.4, -0.2) is 29.4 Å². The number of aromatic nitrogens is 6. The van der Waals surface area contributed by atoms with Gasteiger partial charge in [-0.1, -0.05) is 45.7 Å². The minimum atomic E-state index is 0.752. The molecule has 0 aliphatic carbocycles. The van der Waals surface area contributed by atoms with Gasteiger partial charge in [-0.15, -0.1) is 15.3 Å². The molecule has 0 saturated heterocycles.